The number of nitrogens with one attached hydrogen (secondary N) is 1. The summed E-state index contributed by atoms with van der Waals surface area (Å²) in [6.45, 7) is 1.06. The molecule has 1 aromatic carbocycles. The summed E-state index contributed by atoms with van der Waals surface area (Å²) >= 11 is 0. The first kappa shape index (κ1) is 15.2. The third-order valence-corrected chi connectivity index (χ3v) is 3.32. The van der Waals surface area contributed by atoms with Crippen LogP contribution in [0.1, 0.15) is 23.2 Å². The molecule has 0 bridgehead atoms. The zero-order valence-corrected chi connectivity index (χ0v) is 12.1. The summed E-state index contributed by atoms with van der Waals surface area (Å²) in [5.74, 6) is -0.0868. The van der Waals surface area contributed by atoms with Crippen LogP contribution in [0.4, 0.5) is 5.69 Å². The quantitative estimate of drug-likeness (QED) is 0.649. The van der Waals surface area contributed by atoms with Crippen molar-refractivity contribution in [2.75, 3.05) is 25.6 Å². The highest BCUT2D eigenvalue weighted by atomic mass is 16.3. The number of hydrazone groups is 1. The number of aliphatic imine (C=N–C) groups is 1. The fraction of sp³-hybridized carbons (Fsp3) is 0.400. The Labute approximate surface area is 124 Å². The number of nitrogens with zero attached hydrogens (tertiary/aromatic N) is 3. The number of aliphatic hydroxyl groups excluding tert-OH is 1. The maximum atomic E-state index is 12.6. The van der Waals surface area contributed by atoms with E-state index < -0.39 is 6.10 Å². The van der Waals surface area contributed by atoms with Crippen LogP contribution in [0, 0.1) is 0 Å². The van der Waals surface area contributed by atoms with Crippen molar-refractivity contribution in [3.8, 4) is 0 Å². The highest BCUT2D eigenvalue weighted by molar-refractivity contribution is 6.16. The molecule has 0 saturated carbocycles. The molecule has 6 nitrogen and oxygen atoms in total. The van der Waals surface area contributed by atoms with Crippen molar-refractivity contribution in [3.05, 3.63) is 29.8 Å². The molecule has 112 valence electrons. The van der Waals surface area contributed by atoms with E-state index in [1.165, 1.54) is 6.21 Å². The lowest BCUT2D eigenvalue weighted by atomic mass is 10.1. The third kappa shape index (κ3) is 4.13. The second-order valence-corrected chi connectivity index (χ2v) is 4.89. The maximum absolute atomic E-state index is 12.6. The van der Waals surface area contributed by atoms with E-state index in [4.69, 9.17) is 0 Å². The average Bonchev–Trinajstić information content (AvgIpc) is 2.51. The summed E-state index contributed by atoms with van der Waals surface area (Å²) in [6.07, 6.45) is 4.23. The molecule has 1 fully saturated rings. The molecule has 1 atom stereocenters. The van der Waals surface area contributed by atoms with Crippen molar-refractivity contribution in [2.24, 2.45) is 10.1 Å². The molecule has 6 heteroatoms. The Balaban J connectivity index is 2.13. The van der Waals surface area contributed by atoms with Gasteiger partial charge < -0.3 is 10.0 Å². The largest absolute Gasteiger partial charge is 0.391 e. The standard InChI is InChI=1S/C15H20N4O2/c1-16-8-9-17-18-14-7-3-2-6-13(14)15(21)19-10-4-5-12(20)11-19/h2-3,6-9,12,18,20H,4-5,10-11H2,1H3/b16-8?,17-9-/t12-/m1/s1. The SMILES string of the molecule is CN=C/C=N\Nc1ccccc1C(=O)N1CCC[C@@H](O)C1. The van der Waals surface area contributed by atoms with Crippen LogP contribution in [0.15, 0.2) is 34.4 Å². The molecule has 1 aliphatic heterocycles. The molecule has 0 unspecified atom stereocenters. The van der Waals surface area contributed by atoms with E-state index in [1.54, 1.807) is 30.3 Å². The van der Waals surface area contributed by atoms with Gasteiger partial charge in [0.15, 0.2) is 0 Å². The van der Waals surface area contributed by atoms with Gasteiger partial charge in [-0.1, -0.05) is 12.1 Å². The Bertz CT molecular complexity index is 542. The van der Waals surface area contributed by atoms with Gasteiger partial charge in [-0.3, -0.25) is 15.2 Å². The Hall–Kier alpha value is -2.21. The number of hydrogen-bond donors (Lipinski definition) is 2. The van der Waals surface area contributed by atoms with Crippen LogP contribution in [0.3, 0.4) is 0 Å². The number of benzene rings is 1. The van der Waals surface area contributed by atoms with Crippen molar-refractivity contribution in [1.29, 1.82) is 0 Å². The minimum atomic E-state index is -0.429. The summed E-state index contributed by atoms with van der Waals surface area (Å²) in [7, 11) is 1.66. The summed E-state index contributed by atoms with van der Waals surface area (Å²) < 4.78 is 0. The Morgan fingerprint density at radius 2 is 2.24 bits per heavy atom. The van der Waals surface area contributed by atoms with E-state index in [0.717, 1.165) is 12.8 Å². The van der Waals surface area contributed by atoms with E-state index >= 15 is 0 Å². The molecule has 0 aliphatic carbocycles. The van der Waals surface area contributed by atoms with Gasteiger partial charge in [-0.15, -0.1) is 0 Å². The van der Waals surface area contributed by atoms with Crippen LogP contribution in [0.5, 0.6) is 0 Å². The highest BCUT2D eigenvalue weighted by Crippen LogP contribution is 2.20. The number of likely N-dealkylation sites (tertiary alicyclic amines) is 1. The predicted octanol–water partition coefficient (Wildman–Crippen LogP) is 1.38. The minimum Gasteiger partial charge on any atom is -0.391 e. The number of carbonyl (C=O) groups is 1. The molecular formula is C15H20N4O2. The minimum absolute atomic E-state index is 0.0868. The molecule has 21 heavy (non-hydrogen) atoms. The van der Waals surface area contributed by atoms with Crippen molar-refractivity contribution < 1.29 is 9.90 Å². The number of anilines is 1. The first-order chi connectivity index (χ1) is 10.2. The van der Waals surface area contributed by atoms with Gasteiger partial charge in [0.25, 0.3) is 5.91 Å². The second-order valence-electron chi connectivity index (χ2n) is 4.89. The smallest absolute Gasteiger partial charge is 0.256 e. The molecule has 1 amide bonds. The van der Waals surface area contributed by atoms with Gasteiger partial charge in [0.2, 0.25) is 0 Å². The fourth-order valence-electron chi connectivity index (χ4n) is 2.28. The van der Waals surface area contributed by atoms with Gasteiger partial charge in [0.1, 0.15) is 0 Å². The normalized spacial score (nSPS) is 19.3. The van der Waals surface area contributed by atoms with Gasteiger partial charge in [0, 0.05) is 26.4 Å². The van der Waals surface area contributed by atoms with Gasteiger partial charge in [-0.05, 0) is 25.0 Å². The number of piperidine rings is 1. The van der Waals surface area contributed by atoms with Crippen molar-refractivity contribution >= 4 is 24.0 Å². The third-order valence-electron chi connectivity index (χ3n) is 3.32. The topological polar surface area (TPSA) is 77.3 Å². The average molecular weight is 288 g/mol. The molecule has 0 spiro atoms. The van der Waals surface area contributed by atoms with E-state index in [2.05, 4.69) is 15.5 Å². The van der Waals surface area contributed by atoms with E-state index in [0.29, 0.717) is 24.3 Å². The summed E-state index contributed by atoms with van der Waals surface area (Å²) in [6, 6.07) is 7.21. The number of aliphatic hydroxyl groups is 1. The fourth-order valence-corrected chi connectivity index (χ4v) is 2.28. The molecule has 1 aromatic rings. The monoisotopic (exact) mass is 288 g/mol. The van der Waals surface area contributed by atoms with Crippen LogP contribution in [0.25, 0.3) is 0 Å². The van der Waals surface area contributed by atoms with Crippen molar-refractivity contribution in [2.45, 2.75) is 18.9 Å². The second kappa shape index (κ2) is 7.54. The number of β-amino-alcohol motifs (C(OH)–C–C–N with tert-alkyl or cyclic N) is 1. The molecule has 1 heterocycles. The number of hydrogen-bond acceptors (Lipinski definition) is 5. The van der Waals surface area contributed by atoms with Crippen LogP contribution < -0.4 is 5.43 Å². The lowest BCUT2D eigenvalue weighted by Gasteiger charge is -2.30. The number of para-hydroxylation sites is 1. The van der Waals surface area contributed by atoms with Crippen molar-refractivity contribution in [3.63, 3.8) is 0 Å². The maximum Gasteiger partial charge on any atom is 0.256 e. The molecule has 1 aliphatic rings. The van der Waals surface area contributed by atoms with Gasteiger partial charge in [0.05, 0.1) is 23.6 Å². The summed E-state index contributed by atoms with van der Waals surface area (Å²) in [5.41, 5.74) is 4.04. The Morgan fingerprint density at radius 3 is 3.00 bits per heavy atom. The molecule has 0 radical (unpaired) electrons. The van der Waals surface area contributed by atoms with Gasteiger partial charge in [-0.2, -0.15) is 5.10 Å². The zero-order valence-electron chi connectivity index (χ0n) is 12.1. The highest BCUT2D eigenvalue weighted by Gasteiger charge is 2.24. The van der Waals surface area contributed by atoms with Crippen LogP contribution in [0.2, 0.25) is 0 Å². The van der Waals surface area contributed by atoms with E-state index in [9.17, 15) is 9.90 Å². The predicted molar refractivity (Wildman–Crippen MR) is 84.1 cm³/mol. The first-order valence-corrected chi connectivity index (χ1v) is 6.98. The molecule has 2 rings (SSSR count). The van der Waals surface area contributed by atoms with Crippen LogP contribution >= 0.6 is 0 Å². The van der Waals surface area contributed by atoms with E-state index in [1.807, 2.05) is 12.1 Å². The van der Waals surface area contributed by atoms with Crippen molar-refractivity contribution in [1.82, 2.24) is 4.90 Å². The number of carbonyl (C=O) groups excluding carboxylic acids is 1. The van der Waals surface area contributed by atoms with Gasteiger partial charge >= 0.3 is 0 Å². The first-order valence-electron chi connectivity index (χ1n) is 6.98. The zero-order chi connectivity index (χ0) is 15.1. The van der Waals surface area contributed by atoms with Crippen LogP contribution in [-0.2, 0) is 0 Å². The molecule has 1 saturated heterocycles. The van der Waals surface area contributed by atoms with Crippen LogP contribution in [-0.4, -0.2) is 54.6 Å². The summed E-state index contributed by atoms with van der Waals surface area (Å²) in [4.78, 5) is 18.0. The Morgan fingerprint density at radius 1 is 1.43 bits per heavy atom. The van der Waals surface area contributed by atoms with E-state index in [-0.39, 0.29) is 5.91 Å². The lowest BCUT2D eigenvalue weighted by Crippen LogP contribution is -2.42. The molecule has 0 aromatic heterocycles. The molecule has 2 N–H and O–H groups in total. The Kier molecular flexibility index (Phi) is 5.45. The van der Waals surface area contributed by atoms with Gasteiger partial charge in [-0.25, -0.2) is 0 Å². The summed E-state index contributed by atoms with van der Waals surface area (Å²) in [5, 5.41) is 13.7. The number of rotatable bonds is 4. The number of amides is 1. The lowest BCUT2D eigenvalue weighted by molar-refractivity contribution is 0.0474. The molecular weight excluding hydrogens is 268 g/mol.